The minimum absolute atomic E-state index is 0.112. The summed E-state index contributed by atoms with van der Waals surface area (Å²) in [6, 6.07) is 9.63. The zero-order chi connectivity index (χ0) is 20.8. The second-order valence-corrected chi connectivity index (χ2v) is 7.56. The van der Waals surface area contributed by atoms with Crippen molar-refractivity contribution in [2.45, 2.75) is 31.3 Å². The number of nitrogens with two attached hydrogens (primary N) is 1. The molecule has 0 bridgehead atoms. The molecule has 4 N–H and O–H groups in total. The van der Waals surface area contributed by atoms with E-state index in [4.69, 9.17) is 22.1 Å². The summed E-state index contributed by atoms with van der Waals surface area (Å²) in [4.78, 5) is 11.9. The summed E-state index contributed by atoms with van der Waals surface area (Å²) in [6.07, 6.45) is 4.05. The van der Waals surface area contributed by atoms with Crippen LogP contribution in [0.25, 0.3) is 0 Å². The van der Waals surface area contributed by atoms with Crippen LogP contribution in [0, 0.1) is 17.2 Å². The van der Waals surface area contributed by atoms with Crippen molar-refractivity contribution in [2.24, 2.45) is 11.7 Å². The molecule has 3 atom stereocenters. The van der Waals surface area contributed by atoms with Gasteiger partial charge in [0.05, 0.1) is 24.6 Å². The van der Waals surface area contributed by atoms with Crippen molar-refractivity contribution in [2.75, 3.05) is 25.6 Å². The summed E-state index contributed by atoms with van der Waals surface area (Å²) >= 11 is 5.92. The number of nitriles is 1. The minimum Gasteiger partial charge on any atom is -0.383 e. The largest absolute Gasteiger partial charge is 0.383 e. The first-order chi connectivity index (χ1) is 14.0. The van der Waals surface area contributed by atoms with E-state index in [0.717, 1.165) is 31.5 Å². The number of aromatic nitrogens is 2. The maximum Gasteiger partial charge on any atom is 0.254 e. The summed E-state index contributed by atoms with van der Waals surface area (Å²) in [6.45, 7) is 1.39. The van der Waals surface area contributed by atoms with E-state index < -0.39 is 5.91 Å². The van der Waals surface area contributed by atoms with Gasteiger partial charge in [0.1, 0.15) is 5.56 Å². The lowest BCUT2D eigenvalue weighted by Gasteiger charge is -2.33. The summed E-state index contributed by atoms with van der Waals surface area (Å²) < 4.78 is 6.78. The molecule has 3 rings (SSSR count). The fourth-order valence-electron chi connectivity index (χ4n) is 3.66. The molecule has 0 saturated heterocycles. The maximum atomic E-state index is 11.9. The Kier molecular flexibility index (Phi) is 7.09. The summed E-state index contributed by atoms with van der Waals surface area (Å²) in [7, 11) is 1.67. The van der Waals surface area contributed by atoms with Gasteiger partial charge in [-0.15, -0.1) is 0 Å². The summed E-state index contributed by atoms with van der Waals surface area (Å²) in [5.41, 5.74) is 6.58. The van der Waals surface area contributed by atoms with Crippen LogP contribution in [0.1, 0.15) is 35.7 Å². The molecule has 1 saturated carbocycles. The van der Waals surface area contributed by atoms with Crippen LogP contribution in [0.4, 0.5) is 11.5 Å². The molecule has 3 unspecified atom stereocenters. The van der Waals surface area contributed by atoms with Gasteiger partial charge in [-0.25, -0.2) is 0 Å². The van der Waals surface area contributed by atoms with Gasteiger partial charge in [0.15, 0.2) is 5.82 Å². The number of carbonyl (C=O) groups is 1. The van der Waals surface area contributed by atoms with Crippen molar-refractivity contribution >= 4 is 29.0 Å². The van der Waals surface area contributed by atoms with E-state index in [9.17, 15) is 10.1 Å². The van der Waals surface area contributed by atoms with Crippen LogP contribution < -0.4 is 16.4 Å². The number of primary amides is 1. The van der Waals surface area contributed by atoms with Crippen molar-refractivity contribution in [3.05, 3.63) is 41.0 Å². The van der Waals surface area contributed by atoms with Crippen LogP contribution in [0.2, 0.25) is 5.02 Å². The van der Waals surface area contributed by atoms with Crippen LogP contribution in [0.15, 0.2) is 30.5 Å². The first kappa shape index (κ1) is 21.1. The predicted octanol–water partition coefficient (Wildman–Crippen LogP) is 2.85. The Labute approximate surface area is 175 Å². The van der Waals surface area contributed by atoms with Gasteiger partial charge in [-0.3, -0.25) is 9.48 Å². The molecule has 154 valence electrons. The molecule has 2 aromatic rings. The molecule has 1 aromatic heterocycles. The molecule has 1 amide bonds. The molecular formula is C20H25ClN6O2. The van der Waals surface area contributed by atoms with E-state index in [1.807, 2.05) is 0 Å². The first-order valence-corrected chi connectivity index (χ1v) is 9.93. The first-order valence-electron chi connectivity index (χ1n) is 9.55. The molecule has 29 heavy (non-hydrogen) atoms. The Morgan fingerprint density at radius 1 is 1.41 bits per heavy atom. The average Bonchev–Trinajstić information content (AvgIpc) is 3.13. The molecular weight excluding hydrogens is 392 g/mol. The number of benzene rings is 1. The number of amides is 1. The highest BCUT2D eigenvalue weighted by molar-refractivity contribution is 6.30. The van der Waals surface area contributed by atoms with E-state index in [0.29, 0.717) is 17.4 Å². The average molecular weight is 417 g/mol. The number of halogens is 1. The Balaban J connectivity index is 1.77. The standard InChI is InChI=1S/C20H25ClN6O2/c1-29-9-8-24-16-6-7-18(13(10-16)11-22)27-12-17(19(23)28)20(26-27)25-15-4-2-14(21)3-5-15/h2-5,12-13,16,18,24H,6-10H2,1H3,(H2,23,28)(H,25,26). The number of rotatable bonds is 8. The molecule has 1 aromatic carbocycles. The fourth-order valence-corrected chi connectivity index (χ4v) is 3.79. The molecule has 1 heterocycles. The molecule has 0 aliphatic heterocycles. The molecule has 8 nitrogen and oxygen atoms in total. The van der Waals surface area contributed by atoms with Crippen molar-refractivity contribution < 1.29 is 9.53 Å². The lowest BCUT2D eigenvalue weighted by molar-refractivity contribution is 0.100. The van der Waals surface area contributed by atoms with Gasteiger partial charge in [0, 0.05) is 36.6 Å². The molecule has 1 aliphatic carbocycles. The highest BCUT2D eigenvalue weighted by atomic mass is 35.5. The van der Waals surface area contributed by atoms with Gasteiger partial charge in [0.2, 0.25) is 0 Å². The van der Waals surface area contributed by atoms with Crippen LogP contribution in [-0.4, -0.2) is 42.0 Å². The fraction of sp³-hybridized carbons (Fsp3) is 0.450. The maximum absolute atomic E-state index is 11.9. The Hall–Kier alpha value is -2.60. The lowest BCUT2D eigenvalue weighted by Crippen LogP contribution is -2.39. The summed E-state index contributed by atoms with van der Waals surface area (Å²) in [5.74, 6) is -0.416. The Morgan fingerprint density at radius 2 is 2.17 bits per heavy atom. The van der Waals surface area contributed by atoms with E-state index in [1.165, 1.54) is 0 Å². The minimum atomic E-state index is -0.573. The van der Waals surface area contributed by atoms with Crippen molar-refractivity contribution in [3.8, 4) is 6.07 Å². The monoisotopic (exact) mass is 416 g/mol. The number of hydrogen-bond acceptors (Lipinski definition) is 6. The molecule has 9 heteroatoms. The van der Waals surface area contributed by atoms with E-state index in [2.05, 4.69) is 21.8 Å². The van der Waals surface area contributed by atoms with Crippen LogP contribution in [-0.2, 0) is 4.74 Å². The third-order valence-electron chi connectivity index (χ3n) is 5.16. The molecule has 0 spiro atoms. The zero-order valence-electron chi connectivity index (χ0n) is 16.3. The number of anilines is 2. The van der Waals surface area contributed by atoms with Crippen molar-refractivity contribution in [3.63, 3.8) is 0 Å². The Morgan fingerprint density at radius 3 is 2.83 bits per heavy atom. The highest BCUT2D eigenvalue weighted by Crippen LogP contribution is 2.35. The van der Waals surface area contributed by atoms with Gasteiger partial charge in [-0.1, -0.05) is 11.6 Å². The lowest BCUT2D eigenvalue weighted by atomic mass is 9.82. The Bertz CT molecular complexity index is 876. The quantitative estimate of drug-likeness (QED) is 0.569. The number of methoxy groups -OCH3 is 1. The number of nitrogens with one attached hydrogen (secondary N) is 2. The number of nitrogens with zero attached hydrogens (tertiary/aromatic N) is 3. The number of carbonyl (C=O) groups excluding carboxylic acids is 1. The third kappa shape index (κ3) is 5.26. The SMILES string of the molecule is COCCNC1CCC(n2cc(C(N)=O)c(Nc3ccc(Cl)cc3)n2)C(C#N)C1. The van der Waals surface area contributed by atoms with Crippen LogP contribution in [0.3, 0.4) is 0 Å². The van der Waals surface area contributed by atoms with Crippen LogP contribution >= 0.6 is 11.6 Å². The molecule has 1 aliphatic rings. The van der Waals surface area contributed by atoms with Gasteiger partial charge < -0.3 is 21.1 Å². The van der Waals surface area contributed by atoms with Gasteiger partial charge in [-0.2, -0.15) is 10.4 Å². The summed E-state index contributed by atoms with van der Waals surface area (Å²) in [5, 5.41) is 21.4. The van der Waals surface area contributed by atoms with E-state index in [1.54, 1.807) is 42.3 Å². The molecule has 1 fully saturated rings. The second kappa shape index (κ2) is 9.74. The molecule has 0 radical (unpaired) electrons. The third-order valence-corrected chi connectivity index (χ3v) is 5.41. The van der Waals surface area contributed by atoms with Crippen molar-refractivity contribution in [1.82, 2.24) is 15.1 Å². The highest BCUT2D eigenvalue weighted by Gasteiger charge is 2.33. The second-order valence-electron chi connectivity index (χ2n) is 7.13. The van der Waals surface area contributed by atoms with Gasteiger partial charge in [-0.05, 0) is 43.5 Å². The van der Waals surface area contributed by atoms with Gasteiger partial charge in [0.25, 0.3) is 5.91 Å². The van der Waals surface area contributed by atoms with E-state index in [-0.39, 0.29) is 23.6 Å². The smallest absolute Gasteiger partial charge is 0.254 e. The predicted molar refractivity (Wildman–Crippen MR) is 111 cm³/mol. The number of hydrogen-bond donors (Lipinski definition) is 3. The topological polar surface area (TPSA) is 118 Å². The normalized spacial score (nSPS) is 21.5. The number of ether oxygens (including phenoxy) is 1. The van der Waals surface area contributed by atoms with Gasteiger partial charge >= 0.3 is 0 Å². The van der Waals surface area contributed by atoms with E-state index >= 15 is 0 Å². The van der Waals surface area contributed by atoms with Crippen molar-refractivity contribution in [1.29, 1.82) is 5.26 Å². The zero-order valence-corrected chi connectivity index (χ0v) is 17.0. The van der Waals surface area contributed by atoms with Crippen LogP contribution in [0.5, 0.6) is 0 Å².